The lowest BCUT2D eigenvalue weighted by molar-refractivity contribution is 0.175. The molecule has 0 spiro atoms. The number of amides is 2. The van der Waals surface area contributed by atoms with Crippen molar-refractivity contribution in [2.45, 2.75) is 52.0 Å². The van der Waals surface area contributed by atoms with Gasteiger partial charge in [0.15, 0.2) is 0 Å². The average Bonchev–Trinajstić information content (AvgIpc) is 2.75. The highest BCUT2D eigenvalue weighted by molar-refractivity contribution is 5.90. The Hall–Kier alpha value is -2.33. The monoisotopic (exact) mass is 391 g/mol. The average molecular weight is 392 g/mol. The second-order valence-corrected chi connectivity index (χ2v) is 8.63. The number of rotatable bonds is 5. The molecule has 2 amide bonds. The molecule has 2 aliphatic rings. The van der Waals surface area contributed by atoms with Crippen molar-refractivity contribution in [3.8, 4) is 0 Å². The number of carbonyl (C=O) groups is 1. The van der Waals surface area contributed by atoms with Gasteiger partial charge in [-0.1, -0.05) is 36.4 Å². The van der Waals surface area contributed by atoms with Crippen molar-refractivity contribution >= 4 is 11.7 Å². The number of fused-ring (bicyclic) bond motifs is 1. The van der Waals surface area contributed by atoms with E-state index in [9.17, 15) is 4.79 Å². The number of anilines is 1. The fourth-order valence-corrected chi connectivity index (χ4v) is 4.68. The normalized spacial score (nSPS) is 17.6. The number of nitrogens with one attached hydrogen (secondary N) is 2. The molecular formula is C25H33N3O. The summed E-state index contributed by atoms with van der Waals surface area (Å²) in [7, 11) is 0. The van der Waals surface area contributed by atoms with Gasteiger partial charge in [-0.15, -0.1) is 0 Å². The Labute approximate surface area is 174 Å². The van der Waals surface area contributed by atoms with Gasteiger partial charge in [-0.2, -0.15) is 0 Å². The quantitative estimate of drug-likeness (QED) is 0.761. The van der Waals surface area contributed by atoms with Gasteiger partial charge < -0.3 is 10.6 Å². The summed E-state index contributed by atoms with van der Waals surface area (Å²) in [5.41, 5.74) is 6.52. The molecule has 1 heterocycles. The summed E-state index contributed by atoms with van der Waals surface area (Å²) in [5.74, 6) is 0.568. The fraction of sp³-hybridized carbons (Fsp3) is 0.480. The standard InChI is InChI=1S/C25H33N3O/c1-19-7-2-3-9-22(19)18-28-15-13-20(14-16-28)17-26-25(29)27-24-12-6-10-21-8-4-5-11-23(21)24/h2-3,6-7,9-10,12,20H,4-5,8,11,13-18H2,1H3,(H2,26,27,29). The van der Waals surface area contributed by atoms with Crippen molar-refractivity contribution in [1.82, 2.24) is 10.2 Å². The minimum absolute atomic E-state index is 0.0636. The summed E-state index contributed by atoms with van der Waals surface area (Å²) in [6.45, 7) is 6.20. The number of hydrogen-bond acceptors (Lipinski definition) is 2. The van der Waals surface area contributed by atoms with Gasteiger partial charge in [-0.25, -0.2) is 4.79 Å². The van der Waals surface area contributed by atoms with E-state index in [0.29, 0.717) is 5.92 Å². The van der Waals surface area contributed by atoms with Gasteiger partial charge in [-0.05, 0) is 92.8 Å². The van der Waals surface area contributed by atoms with Crippen LogP contribution in [0, 0.1) is 12.8 Å². The molecule has 0 atom stereocenters. The molecule has 2 N–H and O–H groups in total. The second-order valence-electron chi connectivity index (χ2n) is 8.63. The number of piperidine rings is 1. The molecule has 2 aromatic rings. The van der Waals surface area contributed by atoms with E-state index in [0.717, 1.165) is 57.5 Å². The van der Waals surface area contributed by atoms with E-state index in [1.54, 1.807) is 0 Å². The molecule has 0 bridgehead atoms. The molecule has 4 nitrogen and oxygen atoms in total. The van der Waals surface area contributed by atoms with E-state index < -0.39 is 0 Å². The van der Waals surface area contributed by atoms with Gasteiger partial charge >= 0.3 is 6.03 Å². The molecule has 29 heavy (non-hydrogen) atoms. The van der Waals surface area contributed by atoms with Gasteiger partial charge in [0, 0.05) is 18.8 Å². The van der Waals surface area contributed by atoms with Crippen molar-refractivity contribution in [3.05, 3.63) is 64.7 Å². The molecule has 0 saturated carbocycles. The van der Waals surface area contributed by atoms with E-state index in [1.807, 2.05) is 6.07 Å². The summed E-state index contributed by atoms with van der Waals surface area (Å²) < 4.78 is 0. The van der Waals surface area contributed by atoms with Crippen LogP contribution in [0.5, 0.6) is 0 Å². The third kappa shape index (κ3) is 5.18. The van der Waals surface area contributed by atoms with Gasteiger partial charge in [-0.3, -0.25) is 4.90 Å². The minimum atomic E-state index is -0.0636. The number of likely N-dealkylation sites (tertiary alicyclic amines) is 1. The topological polar surface area (TPSA) is 44.4 Å². The first-order chi connectivity index (χ1) is 14.2. The number of aryl methyl sites for hydroxylation is 2. The molecule has 1 aliphatic heterocycles. The van der Waals surface area contributed by atoms with Crippen LogP contribution in [0.1, 0.15) is 47.9 Å². The maximum Gasteiger partial charge on any atom is 0.319 e. The predicted octanol–water partition coefficient (Wildman–Crippen LogP) is 4.91. The summed E-state index contributed by atoms with van der Waals surface area (Å²) in [4.78, 5) is 15.0. The van der Waals surface area contributed by atoms with Crippen LogP contribution in [0.4, 0.5) is 10.5 Å². The maximum atomic E-state index is 12.5. The van der Waals surface area contributed by atoms with Crippen LogP contribution in [0.2, 0.25) is 0 Å². The molecule has 1 saturated heterocycles. The van der Waals surface area contributed by atoms with Crippen LogP contribution in [-0.2, 0) is 19.4 Å². The molecule has 154 valence electrons. The number of urea groups is 1. The minimum Gasteiger partial charge on any atom is -0.338 e. The van der Waals surface area contributed by atoms with Crippen LogP contribution >= 0.6 is 0 Å². The van der Waals surface area contributed by atoms with Crippen molar-refractivity contribution in [3.63, 3.8) is 0 Å². The lowest BCUT2D eigenvalue weighted by Crippen LogP contribution is -2.39. The molecular weight excluding hydrogens is 358 g/mol. The number of carbonyl (C=O) groups excluding carboxylic acids is 1. The van der Waals surface area contributed by atoms with Gasteiger partial charge in [0.05, 0.1) is 0 Å². The predicted molar refractivity (Wildman–Crippen MR) is 119 cm³/mol. The highest BCUT2D eigenvalue weighted by atomic mass is 16.2. The lowest BCUT2D eigenvalue weighted by Gasteiger charge is -2.32. The van der Waals surface area contributed by atoms with Crippen LogP contribution in [0.25, 0.3) is 0 Å². The molecule has 0 unspecified atom stereocenters. The lowest BCUT2D eigenvalue weighted by atomic mass is 9.90. The Morgan fingerprint density at radius 1 is 1.03 bits per heavy atom. The first kappa shape index (κ1) is 20.0. The number of nitrogens with zero attached hydrogens (tertiary/aromatic N) is 1. The highest BCUT2D eigenvalue weighted by Crippen LogP contribution is 2.27. The molecule has 0 aromatic heterocycles. The molecule has 4 heteroatoms. The first-order valence-corrected chi connectivity index (χ1v) is 11.1. The van der Waals surface area contributed by atoms with E-state index in [1.165, 1.54) is 35.1 Å². The maximum absolute atomic E-state index is 12.5. The zero-order valence-corrected chi connectivity index (χ0v) is 17.5. The SMILES string of the molecule is Cc1ccccc1CN1CCC(CNC(=O)Nc2cccc3c2CCCC3)CC1. The number of hydrogen-bond donors (Lipinski definition) is 2. The molecule has 1 aliphatic carbocycles. The molecule has 4 rings (SSSR count). The van der Waals surface area contributed by atoms with Crippen molar-refractivity contribution in [1.29, 1.82) is 0 Å². The summed E-state index contributed by atoms with van der Waals surface area (Å²) in [6, 6.07) is 14.9. The summed E-state index contributed by atoms with van der Waals surface area (Å²) in [5, 5.41) is 6.21. The van der Waals surface area contributed by atoms with Crippen molar-refractivity contribution in [2.75, 3.05) is 25.0 Å². The van der Waals surface area contributed by atoms with Crippen LogP contribution in [-0.4, -0.2) is 30.6 Å². The highest BCUT2D eigenvalue weighted by Gasteiger charge is 2.20. The van der Waals surface area contributed by atoms with Gasteiger partial charge in [0.1, 0.15) is 0 Å². The van der Waals surface area contributed by atoms with E-state index >= 15 is 0 Å². The molecule has 2 aromatic carbocycles. The van der Waals surface area contributed by atoms with Crippen molar-refractivity contribution < 1.29 is 4.79 Å². The van der Waals surface area contributed by atoms with E-state index in [2.05, 4.69) is 58.9 Å². The summed E-state index contributed by atoms with van der Waals surface area (Å²) >= 11 is 0. The van der Waals surface area contributed by atoms with Crippen LogP contribution < -0.4 is 10.6 Å². The Morgan fingerprint density at radius 2 is 1.83 bits per heavy atom. The Balaban J connectivity index is 1.22. The largest absolute Gasteiger partial charge is 0.338 e. The Morgan fingerprint density at radius 3 is 2.66 bits per heavy atom. The first-order valence-electron chi connectivity index (χ1n) is 11.1. The van der Waals surface area contributed by atoms with Crippen LogP contribution in [0.15, 0.2) is 42.5 Å². The second kappa shape index (κ2) is 9.45. The van der Waals surface area contributed by atoms with Crippen LogP contribution in [0.3, 0.4) is 0 Å². The third-order valence-corrected chi connectivity index (χ3v) is 6.56. The molecule has 1 fully saturated rings. The molecule has 0 radical (unpaired) electrons. The summed E-state index contributed by atoms with van der Waals surface area (Å²) in [6.07, 6.45) is 6.97. The fourth-order valence-electron chi connectivity index (χ4n) is 4.68. The third-order valence-electron chi connectivity index (χ3n) is 6.56. The zero-order chi connectivity index (χ0) is 20.1. The van der Waals surface area contributed by atoms with Crippen molar-refractivity contribution in [2.24, 2.45) is 5.92 Å². The zero-order valence-electron chi connectivity index (χ0n) is 17.5. The Bertz CT molecular complexity index is 840. The smallest absolute Gasteiger partial charge is 0.319 e. The van der Waals surface area contributed by atoms with Gasteiger partial charge in [0.25, 0.3) is 0 Å². The van der Waals surface area contributed by atoms with E-state index in [-0.39, 0.29) is 6.03 Å². The number of benzene rings is 2. The Kier molecular flexibility index (Phi) is 6.50. The van der Waals surface area contributed by atoms with E-state index in [4.69, 9.17) is 0 Å². The van der Waals surface area contributed by atoms with Gasteiger partial charge in [0.2, 0.25) is 0 Å².